The number of hydroxylamine groups is 2. The van der Waals surface area contributed by atoms with Crippen molar-refractivity contribution < 1.29 is 98.1 Å². The van der Waals surface area contributed by atoms with Crippen molar-refractivity contribution >= 4 is 49.8 Å². The molecule has 1 aromatic rings. The average molecular weight is 982 g/mol. The average Bonchev–Trinajstić information content (AvgIpc) is 3.68. The number of fused-ring (bicyclic) bond motifs is 2. The molecular formula is C46H60N3NaO15S2. The number of hydrogen-bond acceptors (Lipinski definition) is 16. The summed E-state index contributed by atoms with van der Waals surface area (Å²) in [6.07, 6.45) is 5.35. The summed E-state index contributed by atoms with van der Waals surface area (Å²) in [6.45, 7) is 11.8. The van der Waals surface area contributed by atoms with Crippen LogP contribution >= 0.6 is 0 Å². The Morgan fingerprint density at radius 1 is 0.881 bits per heavy atom. The minimum absolute atomic E-state index is 0. The van der Waals surface area contributed by atoms with Crippen LogP contribution in [0.15, 0.2) is 69.6 Å². The number of carbonyl (C=O) groups excluding carboxylic acids is 3. The van der Waals surface area contributed by atoms with Gasteiger partial charge >= 0.3 is 35.5 Å². The second-order valence-electron chi connectivity index (χ2n) is 17.2. The van der Waals surface area contributed by atoms with E-state index in [1.165, 1.54) is 18.2 Å². The van der Waals surface area contributed by atoms with Gasteiger partial charge in [0.15, 0.2) is 13.1 Å². The Hall–Kier alpha value is -3.80. The van der Waals surface area contributed by atoms with E-state index in [0.29, 0.717) is 86.3 Å². The van der Waals surface area contributed by atoms with Crippen molar-refractivity contribution in [1.29, 1.82) is 0 Å². The maximum absolute atomic E-state index is 12.9. The van der Waals surface area contributed by atoms with E-state index in [1.54, 1.807) is 31.3 Å². The molecule has 4 aliphatic rings. The number of methoxy groups -OCH3 is 2. The number of amides is 2. The largest absolute Gasteiger partial charge is 1.00 e. The third-order valence-electron chi connectivity index (χ3n) is 11.3. The first-order valence-electron chi connectivity index (χ1n) is 21.7. The van der Waals surface area contributed by atoms with Gasteiger partial charge in [-0.15, -0.1) is 5.06 Å². The van der Waals surface area contributed by atoms with Gasteiger partial charge in [-0.25, -0.2) is 26.2 Å². The molecule has 3 aliphatic heterocycles. The van der Waals surface area contributed by atoms with Crippen LogP contribution in [0, 0.1) is 0 Å². The molecule has 0 aromatic heterocycles. The normalized spacial score (nSPS) is 17.2. The Balaban J connectivity index is 0.00000980. The first kappa shape index (κ1) is 55.8. The predicted molar refractivity (Wildman–Crippen MR) is 241 cm³/mol. The molecule has 0 N–H and O–H groups in total. The molecule has 0 radical (unpaired) electrons. The van der Waals surface area contributed by atoms with Gasteiger partial charge in [0.05, 0.1) is 47.5 Å². The number of nitrogens with zero attached hydrogens (tertiary/aromatic N) is 3. The molecule has 67 heavy (non-hydrogen) atoms. The molecule has 5 rings (SSSR count). The number of benzene rings is 2. The molecule has 1 aliphatic carbocycles. The maximum Gasteiger partial charge on any atom is 1.00 e. The molecule has 1 aromatic carbocycles. The van der Waals surface area contributed by atoms with Crippen LogP contribution in [-0.4, -0.2) is 128 Å². The van der Waals surface area contributed by atoms with E-state index in [9.17, 15) is 40.3 Å². The van der Waals surface area contributed by atoms with Gasteiger partial charge in [-0.05, 0) is 73.7 Å². The molecule has 1 unspecified atom stereocenters. The molecular weight excluding hydrogens is 922 g/mol. The number of imide groups is 1. The van der Waals surface area contributed by atoms with E-state index < -0.39 is 59.5 Å². The third kappa shape index (κ3) is 15.3. The van der Waals surface area contributed by atoms with Crippen molar-refractivity contribution in [1.82, 2.24) is 9.64 Å². The summed E-state index contributed by atoms with van der Waals surface area (Å²) in [7, 11) is -6.27. The zero-order valence-electron chi connectivity index (χ0n) is 39.4. The number of anilines is 1. The fourth-order valence-corrected chi connectivity index (χ4v) is 8.82. The second kappa shape index (κ2) is 24.7. The Labute approximate surface area is 415 Å². The maximum atomic E-state index is 12.9. The summed E-state index contributed by atoms with van der Waals surface area (Å²) in [6, 6.07) is 11.8. The topological polar surface area (TPSA) is 234 Å². The molecule has 21 heteroatoms. The van der Waals surface area contributed by atoms with Gasteiger partial charge < -0.3 is 42.2 Å². The molecule has 2 amide bonds. The first-order chi connectivity index (χ1) is 31.2. The van der Waals surface area contributed by atoms with Crippen LogP contribution in [0.25, 0.3) is 17.4 Å². The molecule has 1 atom stereocenters. The Kier molecular flexibility index (Phi) is 20.5. The Morgan fingerprint density at radius 3 is 2.10 bits per heavy atom. The summed E-state index contributed by atoms with van der Waals surface area (Å²) in [5.41, 5.74) is 1.56. The van der Waals surface area contributed by atoms with Gasteiger partial charge in [0.2, 0.25) is 5.36 Å². The zero-order valence-corrected chi connectivity index (χ0v) is 43.0. The van der Waals surface area contributed by atoms with Crippen LogP contribution in [0.1, 0.15) is 83.1 Å². The Bertz CT molecular complexity index is 2520. The number of ether oxygens (including phenoxy) is 4. The van der Waals surface area contributed by atoms with Gasteiger partial charge in [0.25, 0.3) is 11.8 Å². The van der Waals surface area contributed by atoms with Gasteiger partial charge in [0, 0.05) is 79.6 Å². The summed E-state index contributed by atoms with van der Waals surface area (Å²) in [5, 5.41) is 1.35. The SMILES string of the molecule is COCCOCC[N+](CCOCCOC)=c1ccc2c(/C=C/C=C3\N(CCCS(=O)(=O)[O-])c4ccc(S(=O)(=O)[O-])cc4C3(C)CCCC(=O)ON3C(=O)CCC3=O)cc(C(C)(C)C)oc-2c1.[Na+]. The first-order valence-corrected chi connectivity index (χ1v) is 24.7. The van der Waals surface area contributed by atoms with Crippen LogP contribution < -0.4 is 44.4 Å². The van der Waals surface area contributed by atoms with E-state index in [4.69, 9.17) is 28.2 Å². The van der Waals surface area contributed by atoms with Gasteiger partial charge in [-0.2, -0.15) is 0 Å². The van der Waals surface area contributed by atoms with E-state index in [2.05, 4.69) is 4.58 Å². The second-order valence-corrected chi connectivity index (χ2v) is 20.1. The summed E-state index contributed by atoms with van der Waals surface area (Å²) >= 11 is 0. The van der Waals surface area contributed by atoms with Crippen molar-refractivity contribution in [3.8, 4) is 11.3 Å². The van der Waals surface area contributed by atoms with Crippen LogP contribution in [0.2, 0.25) is 0 Å². The third-order valence-corrected chi connectivity index (χ3v) is 12.9. The van der Waals surface area contributed by atoms with Crippen molar-refractivity contribution in [3.05, 3.63) is 82.6 Å². The molecule has 1 fully saturated rings. The number of rotatable bonds is 24. The molecule has 0 saturated carbocycles. The predicted octanol–water partition coefficient (Wildman–Crippen LogP) is 1.08. The smallest absolute Gasteiger partial charge is 0.748 e. The molecule has 3 heterocycles. The van der Waals surface area contributed by atoms with E-state index in [1.807, 2.05) is 58.0 Å². The molecule has 362 valence electrons. The molecule has 0 bridgehead atoms. The van der Waals surface area contributed by atoms with Crippen molar-refractivity contribution in [3.63, 3.8) is 0 Å². The summed E-state index contributed by atoms with van der Waals surface area (Å²) in [5.74, 6) is -1.42. The summed E-state index contributed by atoms with van der Waals surface area (Å²) < 4.78 is 103. The summed E-state index contributed by atoms with van der Waals surface area (Å²) in [4.78, 5) is 43.5. The fourth-order valence-electron chi connectivity index (χ4n) is 7.84. The molecule has 0 spiro atoms. The van der Waals surface area contributed by atoms with E-state index in [-0.39, 0.29) is 74.6 Å². The Morgan fingerprint density at radius 2 is 1.52 bits per heavy atom. The van der Waals surface area contributed by atoms with Gasteiger partial charge in [-0.1, -0.05) is 32.9 Å². The molecule has 1 saturated heterocycles. The number of allylic oxidation sites excluding steroid dienone is 3. The van der Waals surface area contributed by atoms with Crippen molar-refractivity contribution in [2.45, 2.75) is 81.9 Å². The van der Waals surface area contributed by atoms with E-state index in [0.717, 1.165) is 16.5 Å². The quantitative estimate of drug-likeness (QED) is 0.0402. The number of carbonyl (C=O) groups is 3. The minimum atomic E-state index is -4.92. The zero-order chi connectivity index (χ0) is 48.3. The van der Waals surface area contributed by atoms with Crippen LogP contribution in [0.5, 0.6) is 0 Å². The van der Waals surface area contributed by atoms with E-state index >= 15 is 0 Å². The van der Waals surface area contributed by atoms with Gasteiger partial charge in [0.1, 0.15) is 34.9 Å². The molecule has 18 nitrogen and oxygen atoms in total. The van der Waals surface area contributed by atoms with Crippen LogP contribution in [0.3, 0.4) is 0 Å². The minimum Gasteiger partial charge on any atom is -0.748 e. The monoisotopic (exact) mass is 981 g/mol. The van der Waals surface area contributed by atoms with Gasteiger partial charge in [-0.3, -0.25) is 9.59 Å². The fraction of sp³-hybridized carbons (Fsp3) is 0.522. The number of hydrogen-bond donors (Lipinski definition) is 0. The van der Waals surface area contributed by atoms with Crippen LogP contribution in [-0.2, 0) is 69.2 Å². The standard InChI is InChI=1S/C46H61N3O15S2.Na/c1-45(2,3)41-30-33(36-15-13-34(31-39(36)63-41)47(21-23-61-27-25-59-5)22-24-62-28-26-60-6)10-7-11-40-46(4,19-8-12-44(52)64-49-42(50)17-18-43(49)51)37-32-35(66(56,57)58)14-16-38(37)48(40)20-9-29-65(53,54)55;/h7,10-11,13-16,30-32H,8-9,12,17-29H2,1-6H3,(H-,53,54,55,56,57,58);/q;+1/p-1. The van der Waals surface area contributed by atoms with Crippen molar-refractivity contribution in [2.24, 2.45) is 0 Å². The van der Waals surface area contributed by atoms with Crippen LogP contribution in [0.4, 0.5) is 5.69 Å². The van der Waals surface area contributed by atoms with Crippen molar-refractivity contribution in [2.75, 3.05) is 84.1 Å².